The summed E-state index contributed by atoms with van der Waals surface area (Å²) in [6.45, 7) is 1.08. The van der Waals surface area contributed by atoms with Crippen LogP contribution in [0.2, 0.25) is 0 Å². The van der Waals surface area contributed by atoms with Crippen molar-refractivity contribution in [2.75, 3.05) is 25.6 Å². The third-order valence-corrected chi connectivity index (χ3v) is 4.00. The number of methoxy groups -OCH3 is 1. The summed E-state index contributed by atoms with van der Waals surface area (Å²) in [5, 5.41) is 0. The lowest BCUT2D eigenvalue weighted by Gasteiger charge is -2.36. The number of hydrogen-bond acceptors (Lipinski definition) is 3. The van der Waals surface area contributed by atoms with E-state index >= 15 is 0 Å². The second-order valence-corrected chi connectivity index (χ2v) is 5.65. The van der Waals surface area contributed by atoms with Crippen molar-refractivity contribution in [1.82, 2.24) is 0 Å². The van der Waals surface area contributed by atoms with Crippen LogP contribution in [0.1, 0.15) is 12.8 Å². The summed E-state index contributed by atoms with van der Waals surface area (Å²) >= 11 is 3.51. The standard InChI is InChI=1S/C13H19BrN2O/c1-16(8-9-5-10(15)6-9)11-3-4-13(17-2)12(14)7-11/h3-4,7,9-10H,5-6,8,15H2,1-2H3. The third-order valence-electron chi connectivity index (χ3n) is 3.38. The Hall–Kier alpha value is -0.740. The van der Waals surface area contributed by atoms with E-state index in [2.05, 4.69) is 40.0 Å². The van der Waals surface area contributed by atoms with Gasteiger partial charge in [-0.15, -0.1) is 0 Å². The molecule has 0 bridgehead atoms. The molecule has 2 N–H and O–H groups in total. The van der Waals surface area contributed by atoms with E-state index in [-0.39, 0.29) is 0 Å². The molecular formula is C13H19BrN2O. The van der Waals surface area contributed by atoms with E-state index in [0.717, 1.165) is 35.5 Å². The molecule has 0 spiro atoms. The summed E-state index contributed by atoms with van der Waals surface area (Å²) in [5.41, 5.74) is 7.01. The fourth-order valence-electron chi connectivity index (χ4n) is 2.32. The maximum absolute atomic E-state index is 5.80. The summed E-state index contributed by atoms with van der Waals surface area (Å²) in [6, 6.07) is 6.60. The van der Waals surface area contributed by atoms with E-state index in [9.17, 15) is 0 Å². The molecule has 1 aliphatic carbocycles. The first kappa shape index (κ1) is 12.7. The molecule has 1 saturated carbocycles. The summed E-state index contributed by atoms with van der Waals surface area (Å²) in [4.78, 5) is 2.28. The molecule has 0 atom stereocenters. The molecule has 0 radical (unpaired) electrons. The minimum absolute atomic E-state index is 0.427. The maximum Gasteiger partial charge on any atom is 0.133 e. The van der Waals surface area contributed by atoms with Crippen LogP contribution in [0.15, 0.2) is 22.7 Å². The van der Waals surface area contributed by atoms with Crippen molar-refractivity contribution >= 4 is 21.6 Å². The molecule has 0 aromatic heterocycles. The van der Waals surface area contributed by atoms with Gasteiger partial charge >= 0.3 is 0 Å². The van der Waals surface area contributed by atoms with Gasteiger partial charge < -0.3 is 15.4 Å². The van der Waals surface area contributed by atoms with Gasteiger partial charge in [-0.25, -0.2) is 0 Å². The predicted molar refractivity (Wildman–Crippen MR) is 74.7 cm³/mol. The highest BCUT2D eigenvalue weighted by Crippen LogP contribution is 2.31. The van der Waals surface area contributed by atoms with Gasteiger partial charge in [0.1, 0.15) is 5.75 Å². The lowest BCUT2D eigenvalue weighted by atomic mass is 9.80. The normalized spacial score (nSPS) is 23.1. The van der Waals surface area contributed by atoms with Crippen molar-refractivity contribution in [2.24, 2.45) is 11.7 Å². The molecule has 17 heavy (non-hydrogen) atoms. The van der Waals surface area contributed by atoms with E-state index in [1.807, 2.05) is 6.07 Å². The van der Waals surface area contributed by atoms with Gasteiger partial charge in [0.05, 0.1) is 11.6 Å². The van der Waals surface area contributed by atoms with Crippen LogP contribution >= 0.6 is 15.9 Å². The van der Waals surface area contributed by atoms with Crippen LogP contribution in [-0.2, 0) is 0 Å². The van der Waals surface area contributed by atoms with Crippen molar-refractivity contribution in [3.05, 3.63) is 22.7 Å². The first-order valence-electron chi connectivity index (χ1n) is 5.90. The number of ether oxygens (including phenoxy) is 1. The number of anilines is 1. The average molecular weight is 299 g/mol. The quantitative estimate of drug-likeness (QED) is 0.929. The minimum Gasteiger partial charge on any atom is -0.496 e. The Labute approximate surface area is 111 Å². The van der Waals surface area contributed by atoms with Gasteiger partial charge in [-0.05, 0) is 52.9 Å². The zero-order chi connectivity index (χ0) is 12.4. The number of hydrogen-bond donors (Lipinski definition) is 1. The van der Waals surface area contributed by atoms with Gasteiger partial charge in [0.2, 0.25) is 0 Å². The first-order chi connectivity index (χ1) is 8.10. The number of nitrogens with two attached hydrogens (primary N) is 1. The molecular weight excluding hydrogens is 280 g/mol. The van der Waals surface area contributed by atoms with Crippen molar-refractivity contribution in [3.8, 4) is 5.75 Å². The second-order valence-electron chi connectivity index (χ2n) is 4.80. The smallest absolute Gasteiger partial charge is 0.133 e. The molecule has 0 aliphatic heterocycles. The van der Waals surface area contributed by atoms with E-state index in [0.29, 0.717) is 6.04 Å². The van der Waals surface area contributed by atoms with Crippen molar-refractivity contribution in [1.29, 1.82) is 0 Å². The Balaban J connectivity index is 1.99. The number of rotatable bonds is 4. The molecule has 0 unspecified atom stereocenters. The molecule has 0 amide bonds. The number of nitrogens with zero attached hydrogens (tertiary/aromatic N) is 1. The molecule has 4 heteroatoms. The van der Waals surface area contributed by atoms with Crippen LogP contribution in [0.4, 0.5) is 5.69 Å². The monoisotopic (exact) mass is 298 g/mol. The molecule has 94 valence electrons. The first-order valence-corrected chi connectivity index (χ1v) is 6.69. The molecule has 3 nitrogen and oxygen atoms in total. The Bertz CT molecular complexity index is 391. The second kappa shape index (κ2) is 5.27. The molecule has 1 aromatic rings. The largest absolute Gasteiger partial charge is 0.496 e. The highest BCUT2D eigenvalue weighted by molar-refractivity contribution is 9.10. The van der Waals surface area contributed by atoms with Crippen LogP contribution in [0, 0.1) is 5.92 Å². The molecule has 0 saturated heterocycles. The lowest BCUT2D eigenvalue weighted by Crippen LogP contribution is -2.41. The summed E-state index contributed by atoms with van der Waals surface area (Å²) in [6.07, 6.45) is 2.31. The van der Waals surface area contributed by atoms with Gasteiger partial charge in [-0.3, -0.25) is 0 Å². The van der Waals surface area contributed by atoms with E-state index in [1.165, 1.54) is 5.69 Å². The number of benzene rings is 1. The van der Waals surface area contributed by atoms with Gasteiger partial charge in [0.15, 0.2) is 0 Å². The minimum atomic E-state index is 0.427. The molecule has 1 fully saturated rings. The zero-order valence-corrected chi connectivity index (χ0v) is 11.9. The average Bonchev–Trinajstić information content (AvgIpc) is 2.26. The predicted octanol–water partition coefficient (Wildman–Crippen LogP) is 2.63. The van der Waals surface area contributed by atoms with Crippen LogP contribution in [0.25, 0.3) is 0 Å². The van der Waals surface area contributed by atoms with E-state index < -0.39 is 0 Å². The van der Waals surface area contributed by atoms with Crippen LogP contribution in [0.5, 0.6) is 5.75 Å². The highest BCUT2D eigenvalue weighted by atomic mass is 79.9. The van der Waals surface area contributed by atoms with E-state index in [4.69, 9.17) is 10.5 Å². The van der Waals surface area contributed by atoms with Crippen molar-refractivity contribution in [3.63, 3.8) is 0 Å². The molecule has 1 aliphatic rings. The van der Waals surface area contributed by atoms with Crippen molar-refractivity contribution < 1.29 is 4.74 Å². The van der Waals surface area contributed by atoms with Gasteiger partial charge in [-0.2, -0.15) is 0 Å². The summed E-state index contributed by atoms with van der Waals surface area (Å²) in [7, 11) is 3.80. The SMILES string of the molecule is COc1ccc(N(C)CC2CC(N)C2)cc1Br. The molecule has 0 heterocycles. The Kier molecular flexibility index (Phi) is 3.94. The fourth-order valence-corrected chi connectivity index (χ4v) is 2.85. The Morgan fingerprint density at radius 3 is 2.71 bits per heavy atom. The number of halogens is 1. The highest BCUT2D eigenvalue weighted by Gasteiger charge is 2.26. The summed E-state index contributed by atoms with van der Waals surface area (Å²) in [5.74, 6) is 1.61. The zero-order valence-electron chi connectivity index (χ0n) is 10.3. The van der Waals surface area contributed by atoms with Crippen LogP contribution < -0.4 is 15.4 Å². The third kappa shape index (κ3) is 2.93. The fraction of sp³-hybridized carbons (Fsp3) is 0.538. The maximum atomic E-state index is 5.80. The van der Waals surface area contributed by atoms with Crippen LogP contribution in [0.3, 0.4) is 0 Å². The topological polar surface area (TPSA) is 38.5 Å². The van der Waals surface area contributed by atoms with Gasteiger partial charge in [0, 0.05) is 25.3 Å². The molecule has 1 aromatic carbocycles. The Morgan fingerprint density at radius 2 is 2.18 bits per heavy atom. The Morgan fingerprint density at radius 1 is 1.47 bits per heavy atom. The summed E-state index contributed by atoms with van der Waals surface area (Å²) < 4.78 is 6.22. The lowest BCUT2D eigenvalue weighted by molar-refractivity contribution is 0.271. The van der Waals surface area contributed by atoms with Gasteiger partial charge in [-0.1, -0.05) is 0 Å². The van der Waals surface area contributed by atoms with Gasteiger partial charge in [0.25, 0.3) is 0 Å². The molecule has 2 rings (SSSR count). The van der Waals surface area contributed by atoms with Crippen molar-refractivity contribution in [2.45, 2.75) is 18.9 Å². The van der Waals surface area contributed by atoms with E-state index in [1.54, 1.807) is 7.11 Å². The van der Waals surface area contributed by atoms with Crippen LogP contribution in [-0.4, -0.2) is 26.7 Å².